The molecule has 9 heteroatoms. The first-order valence-corrected chi connectivity index (χ1v) is 12.1. The van der Waals surface area contributed by atoms with E-state index in [0.717, 1.165) is 23.0 Å². The van der Waals surface area contributed by atoms with Crippen LogP contribution in [0.2, 0.25) is 0 Å². The number of aryl methyl sites for hydroxylation is 1. The van der Waals surface area contributed by atoms with Gasteiger partial charge >= 0.3 is 6.18 Å². The molecule has 1 aliphatic heterocycles. The van der Waals surface area contributed by atoms with Crippen LogP contribution in [-0.2, 0) is 6.18 Å². The zero-order valence-corrected chi connectivity index (χ0v) is 21.3. The summed E-state index contributed by atoms with van der Waals surface area (Å²) in [5.41, 5.74) is 3.22. The molecule has 0 amide bonds. The number of nitrogens with zero attached hydrogens (tertiary/aromatic N) is 3. The van der Waals surface area contributed by atoms with Crippen LogP contribution in [0.25, 0.3) is 5.69 Å². The molecule has 190 valence electrons. The van der Waals surface area contributed by atoms with Crippen LogP contribution < -0.4 is 15.0 Å². The first kappa shape index (κ1) is 24.8. The predicted octanol–water partition coefficient (Wildman–Crippen LogP) is 6.69. The van der Waals surface area contributed by atoms with Crippen LogP contribution >= 0.6 is 12.2 Å². The van der Waals surface area contributed by atoms with E-state index in [1.165, 1.54) is 12.1 Å². The Morgan fingerprint density at radius 1 is 0.973 bits per heavy atom. The normalized spacial score (nSPS) is 17.7. The molecule has 0 aliphatic carbocycles. The number of ether oxygens (including phenoxy) is 1. The van der Waals surface area contributed by atoms with Crippen LogP contribution in [0.4, 0.5) is 18.9 Å². The minimum Gasteiger partial charge on any atom is -0.497 e. The first-order chi connectivity index (χ1) is 17.7. The summed E-state index contributed by atoms with van der Waals surface area (Å²) in [6.45, 7) is 3.66. The average Bonchev–Trinajstić information content (AvgIpc) is 3.38. The average molecular weight is 523 g/mol. The van der Waals surface area contributed by atoms with Crippen LogP contribution in [0.15, 0.2) is 79.0 Å². The topological polar surface area (TPSA) is 42.3 Å². The Morgan fingerprint density at radius 2 is 1.73 bits per heavy atom. The molecule has 5 nitrogen and oxygen atoms in total. The second kappa shape index (κ2) is 9.55. The van der Waals surface area contributed by atoms with Gasteiger partial charge in [-0.2, -0.15) is 13.2 Å². The van der Waals surface area contributed by atoms with E-state index in [1.807, 2.05) is 67.3 Å². The maximum Gasteiger partial charge on any atom is 0.418 e. The number of alkyl halides is 3. The molecule has 2 aromatic carbocycles. The van der Waals surface area contributed by atoms with Crippen LogP contribution in [0.5, 0.6) is 5.75 Å². The van der Waals surface area contributed by atoms with Crippen LogP contribution in [0.3, 0.4) is 0 Å². The Morgan fingerprint density at radius 3 is 2.43 bits per heavy atom. The van der Waals surface area contributed by atoms with Gasteiger partial charge in [0, 0.05) is 29.3 Å². The van der Waals surface area contributed by atoms with Crippen LogP contribution in [0.1, 0.15) is 40.3 Å². The van der Waals surface area contributed by atoms with Crippen molar-refractivity contribution in [2.24, 2.45) is 0 Å². The quantitative estimate of drug-likeness (QED) is 0.296. The van der Waals surface area contributed by atoms with Crippen molar-refractivity contribution >= 4 is 23.0 Å². The number of para-hydroxylation sites is 1. The number of anilines is 1. The molecule has 0 spiro atoms. The monoisotopic (exact) mass is 522 g/mol. The van der Waals surface area contributed by atoms with E-state index < -0.39 is 11.7 Å². The maximum atomic E-state index is 13.9. The van der Waals surface area contributed by atoms with E-state index in [0.29, 0.717) is 22.2 Å². The fourth-order valence-electron chi connectivity index (χ4n) is 5.08. The summed E-state index contributed by atoms with van der Waals surface area (Å²) in [6.07, 6.45) is -2.77. The van der Waals surface area contributed by atoms with Crippen molar-refractivity contribution < 1.29 is 17.9 Å². The van der Waals surface area contributed by atoms with Crippen molar-refractivity contribution in [3.63, 3.8) is 0 Å². The summed E-state index contributed by atoms with van der Waals surface area (Å²) in [7, 11) is 1.60. The van der Waals surface area contributed by atoms with Gasteiger partial charge in [-0.05, 0) is 74.1 Å². The Hall–Kier alpha value is -3.85. The summed E-state index contributed by atoms with van der Waals surface area (Å²) >= 11 is 5.79. The Balaban J connectivity index is 1.71. The lowest BCUT2D eigenvalue weighted by Gasteiger charge is -2.28. The lowest BCUT2D eigenvalue weighted by Crippen LogP contribution is -2.29. The fraction of sp³-hybridized carbons (Fsp3) is 0.214. The van der Waals surface area contributed by atoms with E-state index in [4.69, 9.17) is 17.0 Å². The molecule has 2 aromatic heterocycles. The molecule has 5 rings (SSSR count). The maximum absolute atomic E-state index is 13.9. The molecule has 0 unspecified atom stereocenters. The van der Waals surface area contributed by atoms with Gasteiger partial charge < -0.3 is 19.5 Å². The first-order valence-electron chi connectivity index (χ1n) is 11.7. The fourth-order valence-corrected chi connectivity index (χ4v) is 5.42. The zero-order chi connectivity index (χ0) is 26.3. The van der Waals surface area contributed by atoms with E-state index in [2.05, 4.69) is 10.3 Å². The highest BCUT2D eigenvalue weighted by Gasteiger charge is 2.43. The highest BCUT2D eigenvalue weighted by molar-refractivity contribution is 7.80. The molecule has 37 heavy (non-hydrogen) atoms. The highest BCUT2D eigenvalue weighted by Crippen LogP contribution is 2.45. The number of halogens is 3. The molecule has 1 saturated heterocycles. The van der Waals surface area contributed by atoms with Crippen molar-refractivity contribution in [3.05, 3.63) is 107 Å². The number of methoxy groups -OCH3 is 1. The number of aromatic nitrogens is 2. The van der Waals surface area contributed by atoms with Crippen molar-refractivity contribution in [1.82, 2.24) is 14.9 Å². The molecular formula is C28H25F3N4OS. The zero-order valence-electron chi connectivity index (χ0n) is 20.5. The minimum absolute atomic E-state index is 0.0899. The number of hydrogen-bond donors (Lipinski definition) is 1. The molecule has 1 aliphatic rings. The molecule has 4 aromatic rings. The lowest BCUT2D eigenvalue weighted by molar-refractivity contribution is -0.137. The third-order valence-corrected chi connectivity index (χ3v) is 6.98. The largest absolute Gasteiger partial charge is 0.497 e. The van der Waals surface area contributed by atoms with Crippen LogP contribution in [-0.4, -0.2) is 21.8 Å². The summed E-state index contributed by atoms with van der Waals surface area (Å²) in [5.74, 6) is 0.671. The summed E-state index contributed by atoms with van der Waals surface area (Å²) in [6, 6.07) is 20.1. The van der Waals surface area contributed by atoms with Gasteiger partial charge in [-0.15, -0.1) is 0 Å². The standard InChI is InChI=1S/C28H25F3N4OS/c1-17-15-21(18(2)34(17)24-13-5-4-11-22(24)28(29,30)31)26-25(23-12-6-7-14-32-23)33-27(37)35(26)19-9-8-10-20(16-19)36-3/h4-16,25-26H,1-3H3,(H,33,37)/t25-,26+/m0/s1. The lowest BCUT2D eigenvalue weighted by atomic mass is 9.96. The van der Waals surface area contributed by atoms with Gasteiger partial charge in [0.05, 0.1) is 36.1 Å². The van der Waals surface area contributed by atoms with Gasteiger partial charge in [-0.3, -0.25) is 4.98 Å². The van der Waals surface area contributed by atoms with Gasteiger partial charge in [-0.25, -0.2) is 0 Å². The van der Waals surface area contributed by atoms with Crippen molar-refractivity contribution in [2.75, 3.05) is 12.0 Å². The van der Waals surface area contributed by atoms with Gasteiger partial charge in [0.15, 0.2) is 5.11 Å². The SMILES string of the molecule is COc1cccc(N2C(=S)N[C@@H](c3ccccn3)[C@H]2c2cc(C)n(-c3ccccc3C(F)(F)F)c2C)c1. The molecule has 0 bridgehead atoms. The third kappa shape index (κ3) is 4.44. The molecule has 3 heterocycles. The second-order valence-corrected chi connectivity index (χ2v) is 9.26. The third-order valence-electron chi connectivity index (χ3n) is 6.67. The Kier molecular flexibility index (Phi) is 6.41. The van der Waals surface area contributed by atoms with Crippen molar-refractivity contribution in [2.45, 2.75) is 32.1 Å². The molecule has 0 radical (unpaired) electrons. The van der Waals surface area contributed by atoms with Gasteiger partial charge in [-0.1, -0.05) is 24.3 Å². The van der Waals surface area contributed by atoms with E-state index >= 15 is 0 Å². The minimum atomic E-state index is -4.49. The number of thiocarbonyl (C=S) groups is 1. The number of hydrogen-bond acceptors (Lipinski definition) is 3. The van der Waals surface area contributed by atoms with E-state index in [9.17, 15) is 13.2 Å². The summed E-state index contributed by atoms with van der Waals surface area (Å²) < 4.78 is 48.9. The van der Waals surface area contributed by atoms with Gasteiger partial charge in [0.1, 0.15) is 5.75 Å². The Bertz CT molecular complexity index is 1450. The number of nitrogens with one attached hydrogen (secondary N) is 1. The molecular weight excluding hydrogens is 497 g/mol. The molecule has 2 atom stereocenters. The molecule has 0 saturated carbocycles. The highest BCUT2D eigenvalue weighted by atomic mass is 32.1. The summed E-state index contributed by atoms with van der Waals surface area (Å²) in [5, 5.41) is 3.90. The number of benzene rings is 2. The smallest absolute Gasteiger partial charge is 0.418 e. The van der Waals surface area contributed by atoms with Crippen molar-refractivity contribution in [1.29, 1.82) is 0 Å². The van der Waals surface area contributed by atoms with Crippen molar-refractivity contribution in [3.8, 4) is 11.4 Å². The van der Waals surface area contributed by atoms with Gasteiger partial charge in [0.2, 0.25) is 0 Å². The Labute approximate surface area is 218 Å². The molecule has 1 fully saturated rings. The predicted molar refractivity (Wildman–Crippen MR) is 141 cm³/mol. The van der Waals surface area contributed by atoms with Gasteiger partial charge in [0.25, 0.3) is 0 Å². The van der Waals surface area contributed by atoms with E-state index in [1.54, 1.807) is 23.9 Å². The van der Waals surface area contributed by atoms with E-state index in [-0.39, 0.29) is 17.8 Å². The number of pyridine rings is 1. The summed E-state index contributed by atoms with van der Waals surface area (Å²) in [4.78, 5) is 6.55. The molecule has 1 N–H and O–H groups in total. The number of rotatable bonds is 5. The van der Waals surface area contributed by atoms with Crippen LogP contribution in [0, 0.1) is 13.8 Å². The second-order valence-electron chi connectivity index (χ2n) is 8.87.